The standard InChI is InChI=1S/C27H25N2P/c1-3-12-22(13-4-1)30(23-14-5-2-6-15-23)26-18-8-7-16-24(26)25-17-11-19-27(28-25)29-20-9-10-21-29/h1-8,11-19H,9-10,20-21H2. The van der Waals surface area contributed by atoms with Crippen molar-refractivity contribution in [2.24, 2.45) is 0 Å². The van der Waals surface area contributed by atoms with Gasteiger partial charge in [0.15, 0.2) is 0 Å². The number of anilines is 1. The van der Waals surface area contributed by atoms with Crippen LogP contribution in [0.2, 0.25) is 0 Å². The predicted molar refractivity (Wildman–Crippen MR) is 130 cm³/mol. The van der Waals surface area contributed by atoms with Gasteiger partial charge in [-0.2, -0.15) is 0 Å². The second-order valence-corrected chi connectivity index (χ2v) is 9.78. The molecule has 1 aliphatic heterocycles. The molecule has 1 saturated heterocycles. The van der Waals surface area contributed by atoms with Crippen LogP contribution in [0.5, 0.6) is 0 Å². The molecule has 4 aromatic rings. The highest BCUT2D eigenvalue weighted by Crippen LogP contribution is 2.37. The molecule has 1 aromatic heterocycles. The quantitative estimate of drug-likeness (QED) is 0.427. The lowest BCUT2D eigenvalue weighted by molar-refractivity contribution is 0.939. The summed E-state index contributed by atoms with van der Waals surface area (Å²) in [6.45, 7) is 2.22. The highest BCUT2D eigenvalue weighted by atomic mass is 31.1. The van der Waals surface area contributed by atoms with Gasteiger partial charge >= 0.3 is 0 Å². The van der Waals surface area contributed by atoms with Gasteiger partial charge in [0.25, 0.3) is 0 Å². The smallest absolute Gasteiger partial charge is 0.129 e. The predicted octanol–water partition coefficient (Wildman–Crippen LogP) is 5.11. The molecule has 0 unspecified atom stereocenters. The third-order valence-electron chi connectivity index (χ3n) is 5.61. The molecule has 0 bridgehead atoms. The number of benzene rings is 3. The van der Waals surface area contributed by atoms with Crippen LogP contribution >= 0.6 is 7.92 Å². The van der Waals surface area contributed by atoms with Gasteiger partial charge in [-0.3, -0.25) is 0 Å². The summed E-state index contributed by atoms with van der Waals surface area (Å²) in [4.78, 5) is 7.50. The zero-order valence-corrected chi connectivity index (χ0v) is 17.9. The van der Waals surface area contributed by atoms with E-state index in [9.17, 15) is 0 Å². The Labute approximate surface area is 180 Å². The number of nitrogens with zero attached hydrogens (tertiary/aromatic N) is 2. The Hall–Kier alpha value is -2.96. The Bertz CT molecular complexity index is 1070. The molecule has 3 aromatic carbocycles. The van der Waals surface area contributed by atoms with E-state index in [4.69, 9.17) is 4.98 Å². The van der Waals surface area contributed by atoms with E-state index in [1.807, 2.05) is 0 Å². The van der Waals surface area contributed by atoms with Gasteiger partial charge in [-0.15, -0.1) is 0 Å². The molecule has 0 aliphatic carbocycles. The molecule has 1 aliphatic rings. The topological polar surface area (TPSA) is 16.1 Å². The summed E-state index contributed by atoms with van der Waals surface area (Å²) in [5, 5.41) is 4.08. The minimum absolute atomic E-state index is 0.664. The average Bonchev–Trinajstić information content (AvgIpc) is 3.36. The molecule has 0 radical (unpaired) electrons. The van der Waals surface area contributed by atoms with Crippen LogP contribution in [0, 0.1) is 0 Å². The number of rotatable bonds is 5. The van der Waals surface area contributed by atoms with Crippen molar-refractivity contribution in [2.45, 2.75) is 12.8 Å². The van der Waals surface area contributed by atoms with Crippen molar-refractivity contribution in [1.82, 2.24) is 4.98 Å². The van der Waals surface area contributed by atoms with Crippen LogP contribution in [0.3, 0.4) is 0 Å². The van der Waals surface area contributed by atoms with Gasteiger partial charge in [-0.25, -0.2) is 4.98 Å². The van der Waals surface area contributed by atoms with Crippen molar-refractivity contribution in [3.8, 4) is 11.3 Å². The molecule has 3 heteroatoms. The van der Waals surface area contributed by atoms with Crippen LogP contribution < -0.4 is 20.8 Å². The highest BCUT2D eigenvalue weighted by Gasteiger charge is 2.21. The van der Waals surface area contributed by atoms with E-state index in [0.717, 1.165) is 24.6 Å². The van der Waals surface area contributed by atoms with Gasteiger partial charge in [0, 0.05) is 18.7 Å². The molecule has 0 amide bonds. The molecule has 5 rings (SSSR count). The fraction of sp³-hybridized carbons (Fsp3) is 0.148. The summed E-state index contributed by atoms with van der Waals surface area (Å²) in [7, 11) is -0.664. The highest BCUT2D eigenvalue weighted by molar-refractivity contribution is 7.80. The molecule has 0 spiro atoms. The van der Waals surface area contributed by atoms with Gasteiger partial charge in [-0.05, 0) is 48.8 Å². The number of pyridine rings is 1. The third-order valence-corrected chi connectivity index (χ3v) is 8.12. The molecule has 0 atom stereocenters. The maximum atomic E-state index is 5.09. The van der Waals surface area contributed by atoms with Gasteiger partial charge < -0.3 is 4.90 Å². The van der Waals surface area contributed by atoms with Crippen LogP contribution in [-0.4, -0.2) is 18.1 Å². The second kappa shape index (κ2) is 8.81. The van der Waals surface area contributed by atoms with Crippen LogP contribution in [0.15, 0.2) is 103 Å². The minimum atomic E-state index is -0.664. The molecule has 2 heterocycles. The lowest BCUT2D eigenvalue weighted by Crippen LogP contribution is -2.22. The van der Waals surface area contributed by atoms with Gasteiger partial charge in [0.2, 0.25) is 0 Å². The summed E-state index contributed by atoms with van der Waals surface area (Å²) < 4.78 is 0. The summed E-state index contributed by atoms with van der Waals surface area (Å²) in [5.41, 5.74) is 2.30. The Balaban J connectivity index is 1.64. The van der Waals surface area contributed by atoms with E-state index in [-0.39, 0.29) is 0 Å². The Morgan fingerprint density at radius 1 is 0.600 bits per heavy atom. The third kappa shape index (κ3) is 3.88. The maximum absolute atomic E-state index is 5.09. The fourth-order valence-corrected chi connectivity index (χ4v) is 6.62. The van der Waals surface area contributed by atoms with Crippen LogP contribution in [0.25, 0.3) is 11.3 Å². The van der Waals surface area contributed by atoms with E-state index in [1.54, 1.807) is 0 Å². The molecule has 0 saturated carbocycles. The van der Waals surface area contributed by atoms with Crippen LogP contribution in [0.1, 0.15) is 12.8 Å². The largest absolute Gasteiger partial charge is 0.357 e. The van der Waals surface area contributed by atoms with Gasteiger partial charge in [0.1, 0.15) is 5.82 Å². The average molecular weight is 408 g/mol. The Kier molecular flexibility index (Phi) is 5.59. The van der Waals surface area contributed by atoms with Crippen molar-refractivity contribution < 1.29 is 0 Å². The SMILES string of the molecule is c1ccc(P(c2ccccc2)c2ccccc2-c2cccc(N3CCCC3)n2)cc1. The lowest BCUT2D eigenvalue weighted by atomic mass is 10.1. The Morgan fingerprint density at radius 3 is 1.87 bits per heavy atom. The monoisotopic (exact) mass is 408 g/mol. The van der Waals surface area contributed by atoms with Crippen molar-refractivity contribution in [3.63, 3.8) is 0 Å². The normalized spacial score (nSPS) is 13.7. The van der Waals surface area contributed by atoms with Crippen molar-refractivity contribution >= 4 is 29.7 Å². The van der Waals surface area contributed by atoms with Gasteiger partial charge in [-0.1, -0.05) is 91.0 Å². The zero-order chi connectivity index (χ0) is 20.2. The fourth-order valence-electron chi connectivity index (χ4n) is 4.16. The van der Waals surface area contributed by atoms with E-state index in [0.29, 0.717) is 0 Å². The van der Waals surface area contributed by atoms with Crippen molar-refractivity contribution in [3.05, 3.63) is 103 Å². The van der Waals surface area contributed by atoms with E-state index >= 15 is 0 Å². The molecular formula is C27H25N2P. The zero-order valence-electron chi connectivity index (χ0n) is 17.0. The number of aromatic nitrogens is 1. The maximum Gasteiger partial charge on any atom is 0.129 e. The minimum Gasteiger partial charge on any atom is -0.357 e. The molecule has 148 valence electrons. The first-order valence-corrected chi connectivity index (χ1v) is 12.0. The summed E-state index contributed by atoms with van der Waals surface area (Å²) >= 11 is 0. The van der Waals surface area contributed by atoms with Crippen LogP contribution in [-0.2, 0) is 0 Å². The molecular weight excluding hydrogens is 383 g/mol. The molecule has 0 N–H and O–H groups in total. The first-order valence-electron chi connectivity index (χ1n) is 10.6. The summed E-state index contributed by atoms with van der Waals surface area (Å²) in [5.74, 6) is 1.10. The molecule has 2 nitrogen and oxygen atoms in total. The van der Waals surface area contributed by atoms with Crippen molar-refractivity contribution in [1.29, 1.82) is 0 Å². The second-order valence-electron chi connectivity index (χ2n) is 7.60. The van der Waals surface area contributed by atoms with Gasteiger partial charge in [0.05, 0.1) is 5.69 Å². The van der Waals surface area contributed by atoms with E-state index in [2.05, 4.69) is 108 Å². The van der Waals surface area contributed by atoms with E-state index in [1.165, 1.54) is 34.3 Å². The first kappa shape index (κ1) is 19.0. The first-order chi connectivity index (χ1) is 14.9. The lowest BCUT2D eigenvalue weighted by Gasteiger charge is -2.23. The Morgan fingerprint density at radius 2 is 1.20 bits per heavy atom. The summed E-state index contributed by atoms with van der Waals surface area (Å²) in [6.07, 6.45) is 2.52. The van der Waals surface area contributed by atoms with Crippen LogP contribution in [0.4, 0.5) is 5.82 Å². The number of hydrogen-bond donors (Lipinski definition) is 0. The van der Waals surface area contributed by atoms with Crippen molar-refractivity contribution in [2.75, 3.05) is 18.0 Å². The molecule has 1 fully saturated rings. The summed E-state index contributed by atoms with van der Waals surface area (Å²) in [6, 6.07) is 37.0. The molecule has 30 heavy (non-hydrogen) atoms. The van der Waals surface area contributed by atoms with E-state index < -0.39 is 7.92 Å². The number of hydrogen-bond acceptors (Lipinski definition) is 2.